The van der Waals surface area contributed by atoms with Crippen molar-refractivity contribution < 1.29 is 9.52 Å². The van der Waals surface area contributed by atoms with Crippen molar-refractivity contribution in [3.63, 3.8) is 0 Å². The number of fused-ring (bicyclic) bond motifs is 1. The summed E-state index contributed by atoms with van der Waals surface area (Å²) in [5, 5.41) is 9.51. The topological polar surface area (TPSA) is 33.4 Å². The molecule has 1 heterocycles. The van der Waals surface area contributed by atoms with Crippen molar-refractivity contribution in [2.75, 3.05) is 0 Å². The largest absolute Gasteiger partial charge is 0.466 e. The lowest BCUT2D eigenvalue weighted by Gasteiger charge is -2.03. The van der Waals surface area contributed by atoms with Crippen LogP contribution >= 0.6 is 0 Å². The van der Waals surface area contributed by atoms with Gasteiger partial charge < -0.3 is 9.52 Å². The molecular formula is C12H18O2. The van der Waals surface area contributed by atoms with E-state index in [1.165, 1.54) is 5.56 Å². The maximum Gasteiger partial charge on any atom is 0.107 e. The van der Waals surface area contributed by atoms with Crippen LogP contribution < -0.4 is 0 Å². The van der Waals surface area contributed by atoms with Gasteiger partial charge in [0.2, 0.25) is 0 Å². The van der Waals surface area contributed by atoms with E-state index in [2.05, 4.69) is 13.0 Å². The number of rotatable bonds is 2. The van der Waals surface area contributed by atoms with Crippen molar-refractivity contribution in [1.82, 2.24) is 0 Å². The van der Waals surface area contributed by atoms with Gasteiger partial charge in [0.1, 0.15) is 11.5 Å². The Morgan fingerprint density at radius 3 is 3.00 bits per heavy atom. The molecule has 14 heavy (non-hydrogen) atoms. The summed E-state index contributed by atoms with van der Waals surface area (Å²) in [4.78, 5) is 0. The quantitative estimate of drug-likeness (QED) is 0.734. The summed E-state index contributed by atoms with van der Waals surface area (Å²) in [6.07, 6.45) is 5.66. The van der Waals surface area contributed by atoms with Gasteiger partial charge in [-0.25, -0.2) is 0 Å². The zero-order valence-electron chi connectivity index (χ0n) is 8.75. The normalized spacial score (nSPS) is 21.7. The van der Waals surface area contributed by atoms with Crippen LogP contribution in [0.2, 0.25) is 0 Å². The number of hydrogen-bond acceptors (Lipinski definition) is 2. The summed E-state index contributed by atoms with van der Waals surface area (Å²) in [6, 6.07) is 2.18. The fourth-order valence-corrected chi connectivity index (χ4v) is 2.09. The summed E-state index contributed by atoms with van der Waals surface area (Å²) < 4.78 is 5.76. The summed E-state index contributed by atoms with van der Waals surface area (Å²) in [6.45, 7) is 2.16. The fraction of sp³-hybridized carbons (Fsp3) is 0.667. The van der Waals surface area contributed by atoms with E-state index in [-0.39, 0.29) is 6.10 Å². The summed E-state index contributed by atoms with van der Waals surface area (Å²) >= 11 is 0. The van der Waals surface area contributed by atoms with Crippen LogP contribution in [0.5, 0.6) is 0 Å². The second-order valence-corrected chi connectivity index (χ2v) is 4.14. The van der Waals surface area contributed by atoms with Gasteiger partial charge in [-0.15, -0.1) is 0 Å². The molecule has 2 rings (SSSR count). The highest BCUT2D eigenvalue weighted by Crippen LogP contribution is 2.24. The standard InChI is InChI=1S/C12H18O2/c1-2-3-11-8-9-4-5-10(13)6-7-12(9)14-11/h8,10,13H,2-7H2,1H3. The van der Waals surface area contributed by atoms with Crippen LogP contribution in [-0.2, 0) is 19.3 Å². The lowest BCUT2D eigenvalue weighted by molar-refractivity contribution is 0.157. The smallest absolute Gasteiger partial charge is 0.107 e. The van der Waals surface area contributed by atoms with Gasteiger partial charge in [0.05, 0.1) is 6.10 Å². The molecule has 0 aromatic carbocycles. The molecule has 1 N–H and O–H groups in total. The zero-order valence-corrected chi connectivity index (χ0v) is 8.75. The Bertz CT molecular complexity index is 276. The maximum atomic E-state index is 9.51. The fourth-order valence-electron chi connectivity index (χ4n) is 2.09. The van der Waals surface area contributed by atoms with Crippen molar-refractivity contribution in [3.05, 3.63) is 23.2 Å². The van der Waals surface area contributed by atoms with Crippen molar-refractivity contribution in [2.24, 2.45) is 0 Å². The third-order valence-electron chi connectivity index (χ3n) is 2.90. The van der Waals surface area contributed by atoms with Gasteiger partial charge in [-0.2, -0.15) is 0 Å². The molecule has 0 fully saturated rings. The minimum atomic E-state index is -0.132. The van der Waals surface area contributed by atoms with Gasteiger partial charge in [-0.1, -0.05) is 6.92 Å². The van der Waals surface area contributed by atoms with Crippen molar-refractivity contribution in [3.8, 4) is 0 Å². The third kappa shape index (κ3) is 2.01. The molecule has 0 amide bonds. The zero-order chi connectivity index (χ0) is 9.97. The lowest BCUT2D eigenvalue weighted by atomic mass is 10.1. The molecule has 0 radical (unpaired) electrons. The number of furan rings is 1. The van der Waals surface area contributed by atoms with Crippen LogP contribution in [0, 0.1) is 0 Å². The van der Waals surface area contributed by atoms with E-state index in [0.29, 0.717) is 0 Å². The van der Waals surface area contributed by atoms with Crippen molar-refractivity contribution in [2.45, 2.75) is 51.6 Å². The molecule has 1 aromatic rings. The van der Waals surface area contributed by atoms with Gasteiger partial charge in [0.25, 0.3) is 0 Å². The van der Waals surface area contributed by atoms with E-state index < -0.39 is 0 Å². The average Bonchev–Trinajstić information content (AvgIpc) is 2.47. The second kappa shape index (κ2) is 4.18. The minimum Gasteiger partial charge on any atom is -0.466 e. The molecule has 1 atom stereocenters. The highest BCUT2D eigenvalue weighted by Gasteiger charge is 2.17. The van der Waals surface area contributed by atoms with Gasteiger partial charge in [0, 0.05) is 12.8 Å². The molecular weight excluding hydrogens is 176 g/mol. The molecule has 0 saturated heterocycles. The van der Waals surface area contributed by atoms with Gasteiger partial charge in [-0.05, 0) is 37.3 Å². The number of hydrogen-bond donors (Lipinski definition) is 1. The average molecular weight is 194 g/mol. The Labute approximate surface area is 84.9 Å². The van der Waals surface area contributed by atoms with Crippen molar-refractivity contribution >= 4 is 0 Å². The SMILES string of the molecule is CCCc1cc2c(o1)CCC(O)CC2. The maximum absolute atomic E-state index is 9.51. The van der Waals surface area contributed by atoms with Crippen LogP contribution in [0.15, 0.2) is 10.5 Å². The monoisotopic (exact) mass is 194 g/mol. The predicted molar refractivity (Wildman–Crippen MR) is 55.4 cm³/mol. The van der Waals surface area contributed by atoms with E-state index in [9.17, 15) is 5.11 Å². The molecule has 1 aromatic heterocycles. The predicted octanol–water partition coefficient (Wildman–Crippen LogP) is 2.47. The molecule has 0 aliphatic heterocycles. The first-order valence-electron chi connectivity index (χ1n) is 5.58. The number of aryl methyl sites for hydroxylation is 3. The van der Waals surface area contributed by atoms with E-state index >= 15 is 0 Å². The van der Waals surface area contributed by atoms with E-state index in [1.54, 1.807) is 0 Å². The second-order valence-electron chi connectivity index (χ2n) is 4.14. The summed E-state index contributed by atoms with van der Waals surface area (Å²) in [5.74, 6) is 2.24. The molecule has 1 aliphatic carbocycles. The van der Waals surface area contributed by atoms with Crippen molar-refractivity contribution in [1.29, 1.82) is 0 Å². The Balaban J connectivity index is 2.14. The molecule has 1 unspecified atom stereocenters. The van der Waals surface area contributed by atoms with E-state index in [1.807, 2.05) is 0 Å². The van der Waals surface area contributed by atoms with Crippen LogP contribution in [0.1, 0.15) is 43.3 Å². The molecule has 78 valence electrons. The molecule has 0 bridgehead atoms. The first-order chi connectivity index (χ1) is 6.79. The highest BCUT2D eigenvalue weighted by atomic mass is 16.3. The lowest BCUT2D eigenvalue weighted by Crippen LogP contribution is -2.05. The Morgan fingerprint density at radius 1 is 1.43 bits per heavy atom. The first-order valence-corrected chi connectivity index (χ1v) is 5.58. The Hall–Kier alpha value is -0.760. The van der Waals surface area contributed by atoms with Crippen LogP contribution in [0.25, 0.3) is 0 Å². The molecule has 2 nitrogen and oxygen atoms in total. The van der Waals surface area contributed by atoms with Crippen LogP contribution in [0.3, 0.4) is 0 Å². The molecule has 0 saturated carbocycles. The van der Waals surface area contributed by atoms with Crippen LogP contribution in [0.4, 0.5) is 0 Å². The molecule has 1 aliphatic rings. The number of aliphatic hydroxyl groups excluding tert-OH is 1. The highest BCUT2D eigenvalue weighted by molar-refractivity contribution is 5.23. The Morgan fingerprint density at radius 2 is 2.21 bits per heavy atom. The number of aliphatic hydroxyl groups is 1. The van der Waals surface area contributed by atoms with Crippen LogP contribution in [-0.4, -0.2) is 11.2 Å². The molecule has 2 heteroatoms. The first kappa shape index (κ1) is 9.78. The van der Waals surface area contributed by atoms with E-state index in [0.717, 1.165) is 50.0 Å². The molecule has 0 spiro atoms. The van der Waals surface area contributed by atoms with Gasteiger partial charge >= 0.3 is 0 Å². The summed E-state index contributed by atoms with van der Waals surface area (Å²) in [5.41, 5.74) is 1.32. The van der Waals surface area contributed by atoms with Gasteiger partial charge in [0.15, 0.2) is 0 Å². The van der Waals surface area contributed by atoms with E-state index in [4.69, 9.17) is 4.42 Å². The summed E-state index contributed by atoms with van der Waals surface area (Å²) in [7, 11) is 0. The Kier molecular flexibility index (Phi) is 2.92. The minimum absolute atomic E-state index is 0.132. The third-order valence-corrected chi connectivity index (χ3v) is 2.90. The van der Waals surface area contributed by atoms with Gasteiger partial charge in [-0.3, -0.25) is 0 Å².